The fourth-order valence-electron chi connectivity index (χ4n) is 3.46. The first-order valence-electron chi connectivity index (χ1n) is 7.72. The van der Waals surface area contributed by atoms with E-state index in [0.29, 0.717) is 17.7 Å². The third kappa shape index (κ3) is 3.93. The van der Waals surface area contributed by atoms with E-state index in [4.69, 9.17) is 10.5 Å². The smallest absolute Gasteiger partial charge is 0.225 e. The highest BCUT2D eigenvalue weighted by Gasteiger charge is 2.31. The van der Waals surface area contributed by atoms with Crippen molar-refractivity contribution < 1.29 is 9.53 Å². The number of piperidine rings is 1. The molecule has 2 N–H and O–H groups in total. The van der Waals surface area contributed by atoms with Gasteiger partial charge in [-0.15, -0.1) is 0 Å². The topological polar surface area (TPSA) is 55.6 Å². The molecule has 1 saturated carbocycles. The van der Waals surface area contributed by atoms with Gasteiger partial charge in [0.25, 0.3) is 0 Å². The summed E-state index contributed by atoms with van der Waals surface area (Å²) in [5.41, 5.74) is 5.70. The Bertz CT molecular complexity index is 280. The van der Waals surface area contributed by atoms with Gasteiger partial charge in [0, 0.05) is 32.7 Å². The van der Waals surface area contributed by atoms with Gasteiger partial charge in [0.1, 0.15) is 0 Å². The summed E-state index contributed by atoms with van der Waals surface area (Å²) < 4.78 is 5.20. The molecule has 0 aromatic rings. The van der Waals surface area contributed by atoms with Crippen molar-refractivity contribution in [2.24, 2.45) is 23.5 Å². The summed E-state index contributed by atoms with van der Waals surface area (Å²) in [5.74, 6) is 1.95. The second-order valence-corrected chi connectivity index (χ2v) is 6.18. The number of rotatable bonds is 4. The summed E-state index contributed by atoms with van der Waals surface area (Å²) in [4.78, 5) is 14.6. The summed E-state index contributed by atoms with van der Waals surface area (Å²) in [5, 5.41) is 0. The molecule has 2 aliphatic rings. The van der Waals surface area contributed by atoms with Crippen LogP contribution in [0.4, 0.5) is 0 Å². The molecule has 2 fully saturated rings. The zero-order valence-corrected chi connectivity index (χ0v) is 12.1. The molecule has 4 heteroatoms. The normalized spacial score (nSPS) is 29.5. The molecule has 0 atom stereocenters. The number of nitrogens with zero attached hydrogens (tertiary/aromatic N) is 1. The Labute approximate surface area is 116 Å². The molecular formula is C15H28N2O2. The Morgan fingerprint density at radius 3 is 2.26 bits per heavy atom. The van der Waals surface area contributed by atoms with Crippen LogP contribution >= 0.6 is 0 Å². The van der Waals surface area contributed by atoms with Gasteiger partial charge in [0.05, 0.1) is 0 Å². The van der Waals surface area contributed by atoms with Crippen molar-refractivity contribution in [3.8, 4) is 0 Å². The van der Waals surface area contributed by atoms with E-state index in [9.17, 15) is 4.79 Å². The minimum absolute atomic E-state index is 0.266. The Balaban J connectivity index is 1.75. The molecule has 1 aliphatic carbocycles. The van der Waals surface area contributed by atoms with Crippen molar-refractivity contribution in [3.63, 3.8) is 0 Å². The number of nitrogens with two attached hydrogens (primary N) is 1. The van der Waals surface area contributed by atoms with Crippen molar-refractivity contribution in [2.75, 3.05) is 33.4 Å². The molecule has 0 unspecified atom stereocenters. The average Bonchev–Trinajstić information content (AvgIpc) is 2.48. The fraction of sp³-hybridized carbons (Fsp3) is 0.933. The molecule has 110 valence electrons. The Kier molecular flexibility index (Phi) is 5.64. The molecule has 0 aromatic heterocycles. The van der Waals surface area contributed by atoms with Crippen LogP contribution in [0.25, 0.3) is 0 Å². The van der Waals surface area contributed by atoms with Crippen LogP contribution in [-0.2, 0) is 9.53 Å². The highest BCUT2D eigenvalue weighted by Crippen LogP contribution is 2.30. The van der Waals surface area contributed by atoms with E-state index in [1.165, 1.54) is 0 Å². The summed E-state index contributed by atoms with van der Waals surface area (Å²) in [6.07, 6.45) is 6.53. The molecule has 0 spiro atoms. The van der Waals surface area contributed by atoms with E-state index in [0.717, 1.165) is 64.8 Å². The summed E-state index contributed by atoms with van der Waals surface area (Å²) in [7, 11) is 1.76. The minimum Gasteiger partial charge on any atom is -0.384 e. The number of amides is 1. The SMILES string of the molecule is COCC1CCN(C(=O)C2CCC(CN)CC2)CC1. The van der Waals surface area contributed by atoms with Crippen LogP contribution in [0, 0.1) is 17.8 Å². The van der Waals surface area contributed by atoms with Crippen molar-refractivity contribution in [2.45, 2.75) is 38.5 Å². The van der Waals surface area contributed by atoms with Gasteiger partial charge in [0.15, 0.2) is 0 Å². The van der Waals surface area contributed by atoms with Crippen molar-refractivity contribution in [1.29, 1.82) is 0 Å². The highest BCUT2D eigenvalue weighted by molar-refractivity contribution is 5.79. The minimum atomic E-state index is 0.266. The molecule has 1 amide bonds. The van der Waals surface area contributed by atoms with Gasteiger partial charge in [-0.25, -0.2) is 0 Å². The van der Waals surface area contributed by atoms with E-state index >= 15 is 0 Å². The standard InChI is InChI=1S/C15H28N2O2/c1-19-11-13-6-8-17(9-7-13)15(18)14-4-2-12(10-16)3-5-14/h12-14H,2-11,16H2,1H3. The van der Waals surface area contributed by atoms with Crippen LogP contribution in [0.15, 0.2) is 0 Å². The quantitative estimate of drug-likeness (QED) is 0.843. The Hall–Kier alpha value is -0.610. The summed E-state index contributed by atoms with van der Waals surface area (Å²) in [6, 6.07) is 0. The van der Waals surface area contributed by atoms with Gasteiger partial charge in [-0.05, 0) is 56.9 Å². The third-order valence-corrected chi connectivity index (χ3v) is 4.86. The molecule has 0 radical (unpaired) electrons. The maximum atomic E-state index is 12.5. The number of likely N-dealkylation sites (tertiary alicyclic amines) is 1. The predicted octanol–water partition coefficient (Wildman–Crippen LogP) is 1.64. The first kappa shape index (κ1) is 14.8. The zero-order chi connectivity index (χ0) is 13.7. The number of carbonyl (C=O) groups excluding carboxylic acids is 1. The molecule has 1 heterocycles. The fourth-order valence-corrected chi connectivity index (χ4v) is 3.46. The van der Waals surface area contributed by atoms with E-state index in [1.54, 1.807) is 7.11 Å². The first-order chi connectivity index (χ1) is 9.24. The molecule has 0 bridgehead atoms. The predicted molar refractivity (Wildman–Crippen MR) is 75.7 cm³/mol. The van der Waals surface area contributed by atoms with E-state index in [1.807, 2.05) is 0 Å². The lowest BCUT2D eigenvalue weighted by Crippen LogP contribution is -2.43. The van der Waals surface area contributed by atoms with Gasteiger partial charge < -0.3 is 15.4 Å². The number of hydrogen-bond acceptors (Lipinski definition) is 3. The molecular weight excluding hydrogens is 240 g/mol. The van der Waals surface area contributed by atoms with Crippen molar-refractivity contribution in [3.05, 3.63) is 0 Å². The second-order valence-electron chi connectivity index (χ2n) is 6.18. The lowest BCUT2D eigenvalue weighted by atomic mass is 9.81. The number of carbonyl (C=O) groups is 1. The van der Waals surface area contributed by atoms with Crippen LogP contribution in [0.1, 0.15) is 38.5 Å². The Morgan fingerprint density at radius 2 is 1.74 bits per heavy atom. The maximum absolute atomic E-state index is 12.5. The maximum Gasteiger partial charge on any atom is 0.225 e. The lowest BCUT2D eigenvalue weighted by molar-refractivity contribution is -0.138. The van der Waals surface area contributed by atoms with Crippen molar-refractivity contribution >= 4 is 5.91 Å². The van der Waals surface area contributed by atoms with Crippen molar-refractivity contribution in [1.82, 2.24) is 4.90 Å². The molecule has 1 aliphatic heterocycles. The molecule has 19 heavy (non-hydrogen) atoms. The van der Waals surface area contributed by atoms with Gasteiger partial charge in [-0.1, -0.05) is 0 Å². The number of methoxy groups -OCH3 is 1. The van der Waals surface area contributed by atoms with E-state index < -0.39 is 0 Å². The van der Waals surface area contributed by atoms with Gasteiger partial charge >= 0.3 is 0 Å². The van der Waals surface area contributed by atoms with Gasteiger partial charge in [0.2, 0.25) is 5.91 Å². The largest absolute Gasteiger partial charge is 0.384 e. The molecule has 2 rings (SSSR count). The van der Waals surface area contributed by atoms with Crippen LogP contribution in [-0.4, -0.2) is 44.2 Å². The molecule has 1 saturated heterocycles. The number of hydrogen-bond donors (Lipinski definition) is 1. The monoisotopic (exact) mass is 268 g/mol. The lowest BCUT2D eigenvalue weighted by Gasteiger charge is -2.36. The zero-order valence-electron chi connectivity index (χ0n) is 12.1. The van der Waals surface area contributed by atoms with Gasteiger partial charge in [-0.3, -0.25) is 4.79 Å². The number of ether oxygens (including phenoxy) is 1. The Morgan fingerprint density at radius 1 is 1.11 bits per heavy atom. The van der Waals surface area contributed by atoms with E-state index in [-0.39, 0.29) is 5.92 Å². The summed E-state index contributed by atoms with van der Waals surface area (Å²) >= 11 is 0. The van der Waals surface area contributed by atoms with Crippen LogP contribution in [0.2, 0.25) is 0 Å². The van der Waals surface area contributed by atoms with Crippen LogP contribution in [0.3, 0.4) is 0 Å². The first-order valence-corrected chi connectivity index (χ1v) is 7.72. The summed E-state index contributed by atoms with van der Waals surface area (Å²) in [6.45, 7) is 3.46. The van der Waals surface area contributed by atoms with Crippen LogP contribution < -0.4 is 5.73 Å². The second kappa shape index (κ2) is 7.25. The third-order valence-electron chi connectivity index (χ3n) is 4.86. The van der Waals surface area contributed by atoms with E-state index in [2.05, 4.69) is 4.90 Å². The molecule has 0 aromatic carbocycles. The average molecular weight is 268 g/mol. The van der Waals surface area contributed by atoms with Gasteiger partial charge in [-0.2, -0.15) is 0 Å². The van der Waals surface area contributed by atoms with Crippen LogP contribution in [0.5, 0.6) is 0 Å². The highest BCUT2D eigenvalue weighted by atomic mass is 16.5. The molecule has 4 nitrogen and oxygen atoms in total.